The number of rotatable bonds is 0. The largest absolute Gasteiger partial charge is 0.390 e. The summed E-state index contributed by atoms with van der Waals surface area (Å²) in [6.07, 6.45) is 6.01. The van der Waals surface area contributed by atoms with Gasteiger partial charge in [-0.05, 0) is 55.3 Å². The maximum absolute atomic E-state index is 14.2. The number of halogens is 1. The van der Waals surface area contributed by atoms with E-state index < -0.39 is 17.7 Å². The number of hydrogen-bond acceptors (Lipinski definition) is 2. The van der Waals surface area contributed by atoms with Gasteiger partial charge in [0.2, 0.25) is 0 Å². The maximum Gasteiger partial charge on any atom is 0.137 e. The van der Waals surface area contributed by atoms with Gasteiger partial charge in [0.05, 0.1) is 6.10 Å². The molecule has 1 N–H and O–H groups in total. The van der Waals surface area contributed by atoms with Crippen LogP contribution in [0.25, 0.3) is 0 Å². The van der Waals surface area contributed by atoms with Crippen molar-refractivity contribution in [2.75, 3.05) is 0 Å². The molecule has 3 heteroatoms. The molecular weight excluding hydrogens is 279 g/mol. The van der Waals surface area contributed by atoms with Gasteiger partial charge in [0.15, 0.2) is 0 Å². The van der Waals surface area contributed by atoms with Gasteiger partial charge in [-0.2, -0.15) is 0 Å². The van der Waals surface area contributed by atoms with Crippen LogP contribution in [0.15, 0.2) is 0 Å². The Bertz CT molecular complexity index is 492. The van der Waals surface area contributed by atoms with Crippen molar-refractivity contribution in [3.63, 3.8) is 0 Å². The molecule has 4 saturated carbocycles. The van der Waals surface area contributed by atoms with Crippen LogP contribution in [-0.4, -0.2) is 23.2 Å². The highest BCUT2D eigenvalue weighted by Gasteiger charge is 2.64. The summed E-state index contributed by atoms with van der Waals surface area (Å²) < 4.78 is 14.2. The van der Waals surface area contributed by atoms with Gasteiger partial charge in [0.1, 0.15) is 12.0 Å². The number of aliphatic hydroxyl groups is 1. The molecule has 0 spiro atoms. The monoisotopic (exact) mass is 308 g/mol. The van der Waals surface area contributed by atoms with Crippen LogP contribution < -0.4 is 0 Å². The minimum atomic E-state index is -1.14. The second-order valence-electron chi connectivity index (χ2n) is 9.12. The van der Waals surface area contributed by atoms with Gasteiger partial charge in [0.25, 0.3) is 0 Å². The Morgan fingerprint density at radius 3 is 2.68 bits per heavy atom. The number of Topliss-reactive ketones (excluding diaryl/α,β-unsaturated/α-hetero) is 1. The minimum absolute atomic E-state index is 0.127. The lowest BCUT2D eigenvalue weighted by molar-refractivity contribution is -0.160. The zero-order valence-electron chi connectivity index (χ0n) is 13.9. The summed E-state index contributed by atoms with van der Waals surface area (Å²) in [7, 11) is 0. The molecule has 2 nitrogen and oxygen atoms in total. The Labute approximate surface area is 132 Å². The predicted molar refractivity (Wildman–Crippen MR) is 83.0 cm³/mol. The maximum atomic E-state index is 14.2. The van der Waals surface area contributed by atoms with E-state index in [4.69, 9.17) is 0 Å². The number of alkyl halides is 1. The normalized spacial score (nSPS) is 57.9. The fraction of sp³-hybridized carbons (Fsp3) is 0.947. The van der Waals surface area contributed by atoms with Gasteiger partial charge in [-0.25, -0.2) is 4.39 Å². The van der Waals surface area contributed by atoms with Crippen molar-refractivity contribution >= 4 is 5.78 Å². The third kappa shape index (κ3) is 1.78. The Morgan fingerprint density at radius 2 is 1.91 bits per heavy atom. The summed E-state index contributed by atoms with van der Waals surface area (Å²) in [6, 6.07) is 0. The highest BCUT2D eigenvalue weighted by molar-refractivity contribution is 5.84. The van der Waals surface area contributed by atoms with Gasteiger partial charge in [-0.15, -0.1) is 0 Å². The first kappa shape index (κ1) is 15.1. The lowest BCUT2D eigenvalue weighted by Gasteiger charge is -2.59. The van der Waals surface area contributed by atoms with Crippen molar-refractivity contribution in [3.8, 4) is 0 Å². The molecular formula is C19H29FO2. The molecule has 0 aromatic heterocycles. The summed E-state index contributed by atoms with van der Waals surface area (Å²) >= 11 is 0. The number of carbonyl (C=O) groups is 1. The summed E-state index contributed by atoms with van der Waals surface area (Å²) in [5.74, 6) is 1.64. The van der Waals surface area contributed by atoms with Gasteiger partial charge >= 0.3 is 0 Å². The highest BCUT2D eigenvalue weighted by Crippen LogP contribution is 2.65. The number of fused-ring (bicyclic) bond motifs is 5. The van der Waals surface area contributed by atoms with Crippen LogP contribution in [0.5, 0.6) is 0 Å². The lowest BCUT2D eigenvalue weighted by Crippen LogP contribution is -2.57. The zero-order valence-corrected chi connectivity index (χ0v) is 13.9. The van der Waals surface area contributed by atoms with E-state index in [2.05, 4.69) is 6.92 Å². The SMILES string of the molecule is C[C@]12CC(=O)[C@H]3[C@@H](CCC4CCCC[C@@]43C)[C@@H]1C[C@@H](F)[C@H]2O. The van der Waals surface area contributed by atoms with E-state index in [9.17, 15) is 14.3 Å². The van der Waals surface area contributed by atoms with Crippen LogP contribution in [-0.2, 0) is 4.79 Å². The lowest BCUT2D eigenvalue weighted by atomic mass is 9.45. The second-order valence-corrected chi connectivity index (χ2v) is 9.12. The standard InChI is InChI=1S/C19H29FO2/c1-18-8-4-3-5-11(18)6-7-12-13-9-14(20)17(22)19(13,2)10-15(21)16(12)18/h11-14,16-17,22H,3-10H2,1-2H3/t11?,12-,13-,14+,16+,17+,18-,19-/m0/s1. The molecule has 0 bridgehead atoms. The fourth-order valence-electron chi connectivity index (χ4n) is 7.06. The number of ketones is 1. The van der Waals surface area contributed by atoms with Crippen LogP contribution >= 0.6 is 0 Å². The summed E-state index contributed by atoms with van der Waals surface area (Å²) in [5, 5.41) is 10.3. The van der Waals surface area contributed by atoms with Crippen LogP contribution in [0.2, 0.25) is 0 Å². The Morgan fingerprint density at radius 1 is 1.14 bits per heavy atom. The molecule has 1 unspecified atom stereocenters. The van der Waals surface area contributed by atoms with Crippen molar-refractivity contribution in [1.82, 2.24) is 0 Å². The molecule has 0 heterocycles. The van der Waals surface area contributed by atoms with E-state index in [1.165, 1.54) is 25.7 Å². The highest BCUT2D eigenvalue weighted by atomic mass is 19.1. The molecule has 4 rings (SSSR count). The van der Waals surface area contributed by atoms with E-state index in [1.807, 2.05) is 6.92 Å². The quantitative estimate of drug-likeness (QED) is 0.737. The molecule has 4 aliphatic rings. The first-order valence-electron chi connectivity index (χ1n) is 9.23. The van der Waals surface area contributed by atoms with Crippen molar-refractivity contribution in [3.05, 3.63) is 0 Å². The molecule has 22 heavy (non-hydrogen) atoms. The summed E-state index contributed by atoms with van der Waals surface area (Å²) in [5.41, 5.74) is -0.380. The van der Waals surface area contributed by atoms with Crippen LogP contribution in [0.3, 0.4) is 0 Å². The van der Waals surface area contributed by atoms with Gasteiger partial charge in [-0.3, -0.25) is 4.79 Å². The van der Waals surface area contributed by atoms with Crippen LogP contribution in [0.1, 0.15) is 65.2 Å². The molecule has 0 aromatic carbocycles. The number of hydrogen-bond donors (Lipinski definition) is 1. The van der Waals surface area contributed by atoms with Crippen molar-refractivity contribution in [1.29, 1.82) is 0 Å². The van der Waals surface area contributed by atoms with Crippen LogP contribution in [0.4, 0.5) is 4.39 Å². The molecule has 0 radical (unpaired) electrons. The van der Waals surface area contributed by atoms with Gasteiger partial charge < -0.3 is 5.11 Å². The van der Waals surface area contributed by atoms with Gasteiger partial charge in [-0.1, -0.05) is 26.7 Å². The molecule has 8 atom stereocenters. The second kappa shape index (κ2) is 4.78. The smallest absolute Gasteiger partial charge is 0.137 e. The van der Waals surface area contributed by atoms with Crippen LogP contribution in [0, 0.1) is 34.5 Å². The third-order valence-corrected chi connectivity index (χ3v) is 8.20. The fourth-order valence-corrected chi connectivity index (χ4v) is 7.06. The number of aliphatic hydroxyl groups excluding tert-OH is 1. The molecule has 0 saturated heterocycles. The molecule has 4 aliphatic carbocycles. The first-order chi connectivity index (χ1) is 10.4. The van der Waals surface area contributed by atoms with Gasteiger partial charge in [0, 0.05) is 17.8 Å². The molecule has 4 fully saturated rings. The average molecular weight is 308 g/mol. The Balaban J connectivity index is 1.72. The summed E-state index contributed by atoms with van der Waals surface area (Å²) in [6.45, 7) is 4.30. The van der Waals surface area contributed by atoms with Crippen molar-refractivity contribution in [2.45, 2.75) is 77.5 Å². The predicted octanol–water partition coefficient (Wildman–Crippen LogP) is 3.91. The Hall–Kier alpha value is -0.440. The average Bonchev–Trinajstić information content (AvgIpc) is 2.70. The minimum Gasteiger partial charge on any atom is -0.390 e. The van der Waals surface area contributed by atoms with E-state index >= 15 is 0 Å². The Kier molecular flexibility index (Phi) is 3.28. The zero-order chi connectivity index (χ0) is 15.7. The van der Waals surface area contributed by atoms with Crippen molar-refractivity contribution in [2.24, 2.45) is 34.5 Å². The topological polar surface area (TPSA) is 37.3 Å². The summed E-state index contributed by atoms with van der Waals surface area (Å²) in [4.78, 5) is 13.1. The molecule has 0 aliphatic heterocycles. The molecule has 0 amide bonds. The molecule has 124 valence electrons. The van der Waals surface area contributed by atoms with E-state index in [0.29, 0.717) is 30.5 Å². The first-order valence-corrected chi connectivity index (χ1v) is 9.23. The molecule has 0 aromatic rings. The van der Waals surface area contributed by atoms with E-state index in [0.717, 1.165) is 12.8 Å². The third-order valence-electron chi connectivity index (χ3n) is 8.20. The van der Waals surface area contributed by atoms with Crippen molar-refractivity contribution < 1.29 is 14.3 Å². The van der Waals surface area contributed by atoms with E-state index in [1.54, 1.807) is 0 Å². The van der Waals surface area contributed by atoms with E-state index in [-0.39, 0.29) is 17.3 Å². The number of carbonyl (C=O) groups excluding carboxylic acids is 1.